The first-order valence-corrected chi connectivity index (χ1v) is 9.41. The van der Waals surface area contributed by atoms with E-state index in [1.165, 1.54) is 37.2 Å². The highest BCUT2D eigenvalue weighted by atomic mass is 19.1. The number of nitrogens with zero attached hydrogens (tertiary/aromatic N) is 1. The summed E-state index contributed by atoms with van der Waals surface area (Å²) in [4.78, 5) is 28.9. The van der Waals surface area contributed by atoms with E-state index in [1.807, 2.05) is 0 Å². The van der Waals surface area contributed by atoms with Crippen LogP contribution < -0.4 is 10.6 Å². The Morgan fingerprint density at radius 2 is 1.70 bits per heavy atom. The lowest BCUT2D eigenvalue weighted by Crippen LogP contribution is -2.35. The summed E-state index contributed by atoms with van der Waals surface area (Å²) in [7, 11) is 0. The van der Waals surface area contributed by atoms with Crippen molar-refractivity contribution < 1.29 is 14.0 Å². The number of pyridine rings is 1. The van der Waals surface area contributed by atoms with Crippen LogP contribution in [0.1, 0.15) is 64.9 Å². The lowest BCUT2D eigenvalue weighted by Gasteiger charge is -2.16. The van der Waals surface area contributed by atoms with Gasteiger partial charge in [0.25, 0.3) is 11.8 Å². The van der Waals surface area contributed by atoms with E-state index in [0.29, 0.717) is 5.56 Å². The maximum absolute atomic E-state index is 12.9. The molecule has 1 heterocycles. The minimum atomic E-state index is -0.316. The summed E-state index contributed by atoms with van der Waals surface area (Å²) in [6.07, 6.45) is 8.14. The molecule has 1 saturated carbocycles. The Bertz CT molecular complexity index is 784. The lowest BCUT2D eigenvalue weighted by atomic mass is 10.1. The number of carbonyl (C=O) groups excluding carboxylic acids is 2. The van der Waals surface area contributed by atoms with Crippen LogP contribution >= 0.6 is 0 Å². The zero-order valence-electron chi connectivity index (χ0n) is 15.2. The van der Waals surface area contributed by atoms with Gasteiger partial charge in [0.1, 0.15) is 11.5 Å². The number of hydrogen-bond donors (Lipinski definition) is 2. The Labute approximate surface area is 158 Å². The van der Waals surface area contributed by atoms with E-state index >= 15 is 0 Å². The maximum atomic E-state index is 12.9. The van der Waals surface area contributed by atoms with Crippen molar-refractivity contribution in [2.75, 3.05) is 0 Å². The second-order valence-corrected chi connectivity index (χ2v) is 6.90. The second kappa shape index (κ2) is 9.26. The fraction of sp³-hybridized carbons (Fsp3) is 0.381. The molecular formula is C21H24FN3O2. The van der Waals surface area contributed by atoms with Gasteiger partial charge in [0.2, 0.25) is 0 Å². The summed E-state index contributed by atoms with van der Waals surface area (Å²) in [5.41, 5.74) is 1.41. The quantitative estimate of drug-likeness (QED) is 0.791. The number of rotatable bonds is 5. The van der Waals surface area contributed by atoms with Gasteiger partial charge in [-0.2, -0.15) is 0 Å². The molecule has 1 aliphatic rings. The first-order chi connectivity index (χ1) is 13.1. The van der Waals surface area contributed by atoms with Crippen LogP contribution in [0.4, 0.5) is 4.39 Å². The molecule has 0 spiro atoms. The summed E-state index contributed by atoms with van der Waals surface area (Å²) in [5, 5.41) is 5.81. The van der Waals surface area contributed by atoms with Crippen molar-refractivity contribution in [3.05, 3.63) is 65.2 Å². The van der Waals surface area contributed by atoms with E-state index < -0.39 is 0 Å². The number of carbonyl (C=O) groups is 2. The molecule has 0 unspecified atom stereocenters. The Kier molecular flexibility index (Phi) is 6.52. The van der Waals surface area contributed by atoms with E-state index in [-0.39, 0.29) is 35.9 Å². The molecule has 1 aromatic carbocycles. The van der Waals surface area contributed by atoms with Gasteiger partial charge in [-0.25, -0.2) is 4.39 Å². The highest BCUT2D eigenvalue weighted by Gasteiger charge is 2.17. The normalized spacial score (nSPS) is 15.0. The third kappa shape index (κ3) is 5.61. The van der Waals surface area contributed by atoms with Crippen LogP contribution in [0, 0.1) is 5.82 Å². The van der Waals surface area contributed by atoms with E-state index in [4.69, 9.17) is 0 Å². The van der Waals surface area contributed by atoms with Gasteiger partial charge >= 0.3 is 0 Å². The molecule has 1 fully saturated rings. The topological polar surface area (TPSA) is 71.1 Å². The molecule has 1 aliphatic carbocycles. The molecule has 3 rings (SSSR count). The zero-order valence-corrected chi connectivity index (χ0v) is 15.2. The Morgan fingerprint density at radius 3 is 2.41 bits per heavy atom. The molecule has 0 bridgehead atoms. The van der Waals surface area contributed by atoms with Crippen LogP contribution in [0.5, 0.6) is 0 Å². The molecule has 0 atom stereocenters. The standard InChI is InChI=1S/C21H24FN3O2/c22-17-9-7-15(8-10-17)14-24-20(26)16-11-12-23-19(13-16)21(27)25-18-5-3-1-2-4-6-18/h7-13,18H,1-6,14H2,(H,24,26)(H,25,27). The summed E-state index contributed by atoms with van der Waals surface area (Å²) >= 11 is 0. The van der Waals surface area contributed by atoms with Crippen molar-refractivity contribution in [2.45, 2.75) is 51.1 Å². The monoisotopic (exact) mass is 369 g/mol. The lowest BCUT2D eigenvalue weighted by molar-refractivity contribution is 0.0928. The van der Waals surface area contributed by atoms with Crippen LogP contribution in [0.2, 0.25) is 0 Å². The average molecular weight is 369 g/mol. The van der Waals surface area contributed by atoms with Gasteiger partial charge in [0.05, 0.1) is 0 Å². The summed E-state index contributed by atoms with van der Waals surface area (Å²) < 4.78 is 12.9. The molecule has 142 valence electrons. The first kappa shape index (κ1) is 19.0. The zero-order chi connectivity index (χ0) is 19.1. The third-order valence-corrected chi connectivity index (χ3v) is 4.81. The van der Waals surface area contributed by atoms with E-state index in [9.17, 15) is 14.0 Å². The van der Waals surface area contributed by atoms with Gasteiger partial charge in [-0.3, -0.25) is 14.6 Å². The van der Waals surface area contributed by atoms with Crippen molar-refractivity contribution in [2.24, 2.45) is 0 Å². The van der Waals surface area contributed by atoms with Crippen molar-refractivity contribution in [1.82, 2.24) is 15.6 Å². The molecule has 0 radical (unpaired) electrons. The smallest absolute Gasteiger partial charge is 0.270 e. The summed E-state index contributed by atoms with van der Waals surface area (Å²) in [6, 6.07) is 9.20. The minimum absolute atomic E-state index is 0.178. The van der Waals surface area contributed by atoms with Crippen molar-refractivity contribution >= 4 is 11.8 Å². The number of benzene rings is 1. The average Bonchev–Trinajstić information content (AvgIpc) is 2.96. The van der Waals surface area contributed by atoms with Gasteiger partial charge in [-0.15, -0.1) is 0 Å². The van der Waals surface area contributed by atoms with E-state index in [1.54, 1.807) is 18.2 Å². The third-order valence-electron chi connectivity index (χ3n) is 4.81. The first-order valence-electron chi connectivity index (χ1n) is 9.41. The Hall–Kier alpha value is -2.76. The van der Waals surface area contributed by atoms with Crippen LogP contribution in [-0.2, 0) is 6.54 Å². The highest BCUT2D eigenvalue weighted by molar-refractivity contribution is 5.98. The predicted octanol–water partition coefficient (Wildman–Crippen LogP) is 3.60. The molecule has 1 aromatic heterocycles. The SMILES string of the molecule is O=C(NCc1ccc(F)cc1)c1ccnc(C(=O)NC2CCCCCC2)c1. The number of halogens is 1. The van der Waals surface area contributed by atoms with Gasteiger partial charge in [0.15, 0.2) is 0 Å². The maximum Gasteiger partial charge on any atom is 0.270 e. The van der Waals surface area contributed by atoms with Gasteiger partial charge in [-0.05, 0) is 42.7 Å². The largest absolute Gasteiger partial charge is 0.348 e. The molecule has 0 aliphatic heterocycles. The van der Waals surface area contributed by atoms with Crippen molar-refractivity contribution in [1.29, 1.82) is 0 Å². The molecule has 2 amide bonds. The highest BCUT2D eigenvalue weighted by Crippen LogP contribution is 2.17. The van der Waals surface area contributed by atoms with Crippen LogP contribution in [0.25, 0.3) is 0 Å². The van der Waals surface area contributed by atoms with Crippen molar-refractivity contribution in [3.8, 4) is 0 Å². The number of amides is 2. The molecule has 27 heavy (non-hydrogen) atoms. The minimum Gasteiger partial charge on any atom is -0.348 e. The summed E-state index contributed by atoms with van der Waals surface area (Å²) in [6.45, 7) is 0.283. The van der Waals surface area contributed by atoms with Gasteiger partial charge in [0, 0.05) is 24.3 Å². The number of nitrogens with one attached hydrogen (secondary N) is 2. The van der Waals surface area contributed by atoms with Crippen LogP contribution in [0.15, 0.2) is 42.6 Å². The van der Waals surface area contributed by atoms with Crippen LogP contribution in [0.3, 0.4) is 0 Å². The second-order valence-electron chi connectivity index (χ2n) is 6.90. The van der Waals surface area contributed by atoms with Crippen molar-refractivity contribution in [3.63, 3.8) is 0 Å². The molecule has 0 saturated heterocycles. The van der Waals surface area contributed by atoms with E-state index in [0.717, 1.165) is 31.2 Å². The molecule has 2 N–H and O–H groups in total. The predicted molar refractivity (Wildman–Crippen MR) is 101 cm³/mol. The molecule has 5 nitrogen and oxygen atoms in total. The van der Waals surface area contributed by atoms with Crippen LogP contribution in [-0.4, -0.2) is 22.8 Å². The fourth-order valence-electron chi connectivity index (χ4n) is 3.27. The molecule has 6 heteroatoms. The fourth-order valence-corrected chi connectivity index (χ4v) is 3.27. The summed E-state index contributed by atoms with van der Waals surface area (Å²) in [5.74, 6) is -0.858. The Balaban J connectivity index is 1.59. The number of aromatic nitrogens is 1. The number of hydrogen-bond acceptors (Lipinski definition) is 3. The molecular weight excluding hydrogens is 345 g/mol. The van der Waals surface area contributed by atoms with Gasteiger partial charge < -0.3 is 10.6 Å². The van der Waals surface area contributed by atoms with E-state index in [2.05, 4.69) is 15.6 Å². The van der Waals surface area contributed by atoms with Gasteiger partial charge in [-0.1, -0.05) is 37.8 Å². The molecule has 2 aromatic rings. The Morgan fingerprint density at radius 1 is 1.00 bits per heavy atom.